The summed E-state index contributed by atoms with van der Waals surface area (Å²) in [7, 11) is 0. The SMILES string of the molecule is CC1(C)C=CC(C)(C)c2cc3c(cc21)CCCC3. The van der Waals surface area contributed by atoms with Crippen LogP contribution in [0.3, 0.4) is 0 Å². The molecule has 1 aromatic carbocycles. The van der Waals surface area contributed by atoms with Crippen molar-refractivity contribution < 1.29 is 0 Å². The quantitative estimate of drug-likeness (QED) is 0.577. The van der Waals surface area contributed by atoms with Crippen molar-refractivity contribution in [2.45, 2.75) is 64.2 Å². The molecule has 0 heterocycles. The maximum atomic E-state index is 2.51. The van der Waals surface area contributed by atoms with E-state index >= 15 is 0 Å². The Balaban J connectivity index is 2.23. The third kappa shape index (κ3) is 1.74. The number of aryl methyl sites for hydroxylation is 2. The van der Waals surface area contributed by atoms with Gasteiger partial charge in [-0.15, -0.1) is 0 Å². The van der Waals surface area contributed by atoms with E-state index in [0.29, 0.717) is 0 Å². The zero-order valence-corrected chi connectivity index (χ0v) is 12.1. The van der Waals surface area contributed by atoms with Gasteiger partial charge in [0.05, 0.1) is 0 Å². The van der Waals surface area contributed by atoms with Gasteiger partial charge >= 0.3 is 0 Å². The van der Waals surface area contributed by atoms with E-state index in [1.807, 2.05) is 0 Å². The Hall–Kier alpha value is -1.04. The number of rotatable bonds is 0. The maximum Gasteiger partial charge on any atom is 0.00787 e. The van der Waals surface area contributed by atoms with E-state index in [0.717, 1.165) is 0 Å². The minimum absolute atomic E-state index is 0.192. The van der Waals surface area contributed by atoms with Crippen LogP contribution < -0.4 is 0 Å². The molecule has 0 nitrogen and oxygen atoms in total. The molecule has 0 atom stereocenters. The highest BCUT2D eigenvalue weighted by Gasteiger charge is 2.33. The van der Waals surface area contributed by atoms with Gasteiger partial charge in [0.1, 0.15) is 0 Å². The van der Waals surface area contributed by atoms with E-state index in [4.69, 9.17) is 0 Å². The van der Waals surface area contributed by atoms with Crippen molar-refractivity contribution in [1.29, 1.82) is 0 Å². The lowest BCUT2D eigenvalue weighted by molar-refractivity contribution is 0.557. The molecule has 0 heteroatoms. The van der Waals surface area contributed by atoms with Crippen LogP contribution in [0.15, 0.2) is 24.3 Å². The Bertz CT molecular complexity index is 468. The summed E-state index contributed by atoms with van der Waals surface area (Å²) >= 11 is 0. The van der Waals surface area contributed by atoms with Crippen LogP contribution in [0.2, 0.25) is 0 Å². The predicted octanol–water partition coefficient (Wildman–Crippen LogP) is 4.69. The second-order valence-corrected chi connectivity index (χ2v) is 7.15. The largest absolute Gasteiger partial charge is 0.0776 e. The smallest absolute Gasteiger partial charge is 0.00787 e. The highest BCUT2D eigenvalue weighted by Crippen LogP contribution is 2.43. The molecule has 0 saturated carbocycles. The van der Waals surface area contributed by atoms with E-state index in [1.54, 1.807) is 22.3 Å². The molecular formula is C18H24. The van der Waals surface area contributed by atoms with Crippen LogP contribution in [-0.2, 0) is 23.7 Å². The Morgan fingerprint density at radius 3 is 1.50 bits per heavy atom. The molecule has 0 aliphatic heterocycles. The number of allylic oxidation sites excluding steroid dienone is 2. The molecule has 0 aromatic heterocycles. The van der Waals surface area contributed by atoms with Crippen molar-refractivity contribution in [1.82, 2.24) is 0 Å². The van der Waals surface area contributed by atoms with Crippen molar-refractivity contribution in [3.63, 3.8) is 0 Å². The molecular weight excluding hydrogens is 216 g/mol. The summed E-state index contributed by atoms with van der Waals surface area (Å²) in [4.78, 5) is 0. The molecule has 1 aromatic rings. The normalized spacial score (nSPS) is 23.3. The lowest BCUT2D eigenvalue weighted by Gasteiger charge is -2.38. The zero-order chi connectivity index (χ0) is 13.0. The van der Waals surface area contributed by atoms with Crippen LogP contribution in [0.5, 0.6) is 0 Å². The summed E-state index contributed by atoms with van der Waals surface area (Å²) in [6, 6.07) is 5.02. The zero-order valence-electron chi connectivity index (χ0n) is 12.1. The van der Waals surface area contributed by atoms with Crippen molar-refractivity contribution in [3.05, 3.63) is 46.5 Å². The third-order valence-corrected chi connectivity index (χ3v) is 4.79. The fraction of sp³-hybridized carbons (Fsp3) is 0.556. The second-order valence-electron chi connectivity index (χ2n) is 7.15. The van der Waals surface area contributed by atoms with Crippen LogP contribution in [0.25, 0.3) is 0 Å². The Morgan fingerprint density at radius 1 is 0.722 bits per heavy atom. The molecule has 0 bridgehead atoms. The van der Waals surface area contributed by atoms with Gasteiger partial charge in [-0.1, -0.05) is 52.0 Å². The summed E-state index contributed by atoms with van der Waals surface area (Å²) in [5.41, 5.74) is 6.71. The van der Waals surface area contributed by atoms with Crippen molar-refractivity contribution in [2.24, 2.45) is 0 Å². The van der Waals surface area contributed by atoms with Crippen molar-refractivity contribution >= 4 is 0 Å². The van der Waals surface area contributed by atoms with E-state index in [1.165, 1.54) is 25.7 Å². The van der Waals surface area contributed by atoms with Crippen LogP contribution in [0, 0.1) is 0 Å². The first-order valence-electron chi connectivity index (χ1n) is 7.27. The van der Waals surface area contributed by atoms with Gasteiger partial charge in [0.2, 0.25) is 0 Å². The van der Waals surface area contributed by atoms with Gasteiger partial charge in [-0.05, 0) is 47.9 Å². The van der Waals surface area contributed by atoms with Crippen LogP contribution >= 0.6 is 0 Å². The molecule has 0 spiro atoms. The topological polar surface area (TPSA) is 0 Å². The second kappa shape index (κ2) is 3.73. The van der Waals surface area contributed by atoms with Crippen LogP contribution in [0.4, 0.5) is 0 Å². The molecule has 2 aliphatic rings. The average molecular weight is 240 g/mol. The first kappa shape index (κ1) is 12.0. The molecule has 0 unspecified atom stereocenters. The van der Waals surface area contributed by atoms with Gasteiger partial charge in [-0.3, -0.25) is 0 Å². The Labute approximate surface area is 111 Å². The summed E-state index contributed by atoms with van der Waals surface area (Å²) < 4.78 is 0. The molecule has 2 aliphatic carbocycles. The molecule has 3 rings (SSSR count). The third-order valence-electron chi connectivity index (χ3n) is 4.79. The average Bonchev–Trinajstić information content (AvgIpc) is 2.34. The van der Waals surface area contributed by atoms with E-state index in [-0.39, 0.29) is 10.8 Å². The summed E-state index contributed by atoms with van der Waals surface area (Å²) in [5.74, 6) is 0. The number of hydrogen-bond donors (Lipinski definition) is 0. The molecule has 18 heavy (non-hydrogen) atoms. The molecule has 0 radical (unpaired) electrons. The first-order valence-corrected chi connectivity index (χ1v) is 7.27. The fourth-order valence-corrected chi connectivity index (χ4v) is 3.45. The number of hydrogen-bond acceptors (Lipinski definition) is 0. The molecule has 0 saturated heterocycles. The number of fused-ring (bicyclic) bond motifs is 2. The van der Waals surface area contributed by atoms with E-state index in [9.17, 15) is 0 Å². The number of benzene rings is 1. The van der Waals surface area contributed by atoms with Crippen LogP contribution in [-0.4, -0.2) is 0 Å². The molecule has 0 fully saturated rings. The van der Waals surface area contributed by atoms with Crippen molar-refractivity contribution in [2.75, 3.05) is 0 Å². The van der Waals surface area contributed by atoms with Gasteiger partial charge in [-0.25, -0.2) is 0 Å². The van der Waals surface area contributed by atoms with E-state index in [2.05, 4.69) is 52.0 Å². The molecule has 0 amide bonds. The highest BCUT2D eigenvalue weighted by molar-refractivity contribution is 5.52. The standard InChI is InChI=1S/C18H24/c1-17(2)9-10-18(3,4)16-12-14-8-6-5-7-13(14)11-15(16)17/h9-12H,5-8H2,1-4H3. The highest BCUT2D eigenvalue weighted by atomic mass is 14.4. The van der Waals surface area contributed by atoms with Crippen molar-refractivity contribution in [3.8, 4) is 0 Å². The molecule has 0 N–H and O–H groups in total. The first-order chi connectivity index (χ1) is 8.40. The Kier molecular flexibility index (Phi) is 2.49. The Morgan fingerprint density at radius 2 is 1.11 bits per heavy atom. The maximum absolute atomic E-state index is 2.51. The monoisotopic (exact) mass is 240 g/mol. The van der Waals surface area contributed by atoms with Gasteiger partial charge in [0.15, 0.2) is 0 Å². The van der Waals surface area contributed by atoms with Gasteiger partial charge in [-0.2, -0.15) is 0 Å². The lowest BCUT2D eigenvalue weighted by Crippen LogP contribution is -2.30. The summed E-state index contributed by atoms with van der Waals surface area (Å²) in [6.45, 7) is 9.36. The lowest BCUT2D eigenvalue weighted by atomic mass is 9.66. The van der Waals surface area contributed by atoms with Gasteiger partial charge in [0.25, 0.3) is 0 Å². The fourth-order valence-electron chi connectivity index (χ4n) is 3.45. The van der Waals surface area contributed by atoms with E-state index < -0.39 is 0 Å². The summed E-state index contributed by atoms with van der Waals surface area (Å²) in [5, 5.41) is 0. The molecule has 96 valence electrons. The minimum Gasteiger partial charge on any atom is -0.0776 e. The predicted molar refractivity (Wildman–Crippen MR) is 78.3 cm³/mol. The van der Waals surface area contributed by atoms with Gasteiger partial charge in [0, 0.05) is 10.8 Å². The minimum atomic E-state index is 0.192. The summed E-state index contributed by atoms with van der Waals surface area (Å²) in [6.07, 6.45) is 10.1. The van der Waals surface area contributed by atoms with Crippen LogP contribution in [0.1, 0.15) is 62.8 Å². The van der Waals surface area contributed by atoms with Gasteiger partial charge < -0.3 is 0 Å².